The van der Waals surface area contributed by atoms with Gasteiger partial charge in [0.1, 0.15) is 21.3 Å². The Balaban J connectivity index is 1.46. The van der Waals surface area contributed by atoms with Crippen LogP contribution in [0.25, 0.3) is 10.2 Å². The number of aliphatic hydroxyl groups is 1. The monoisotopic (exact) mass is 497 g/mol. The second-order valence-corrected chi connectivity index (χ2v) is 9.15. The van der Waals surface area contributed by atoms with Crippen LogP contribution in [0.3, 0.4) is 0 Å². The minimum Gasteiger partial charge on any atom is -0.397 e. The summed E-state index contributed by atoms with van der Waals surface area (Å²) in [6.07, 6.45) is -4.25. The first-order chi connectivity index (χ1) is 16.0. The first-order valence-corrected chi connectivity index (χ1v) is 11.4. The molecule has 1 atom stereocenters. The lowest BCUT2D eigenvalue weighted by Crippen LogP contribution is -2.44. The number of carbonyl (C=O) groups is 1. The van der Waals surface area contributed by atoms with Gasteiger partial charge in [0.25, 0.3) is 5.91 Å². The number of hydrogen-bond acceptors (Lipinski definition) is 7. The number of aromatic nitrogens is 1. The third-order valence-corrected chi connectivity index (χ3v) is 7.00. The maximum atomic E-state index is 13.8. The first kappa shape index (κ1) is 24.2. The average Bonchev–Trinajstić information content (AvgIpc) is 3.13. The van der Waals surface area contributed by atoms with E-state index in [1.54, 1.807) is 4.90 Å². The maximum Gasteiger partial charge on any atom is 0.417 e. The first-order valence-electron chi connectivity index (χ1n) is 10.6. The van der Waals surface area contributed by atoms with Crippen LogP contribution in [0.4, 0.5) is 29.1 Å². The zero-order valence-electron chi connectivity index (χ0n) is 17.9. The molecule has 182 valence electrons. The number of aliphatic hydroxyl groups excluding tert-OH is 1. The number of nitrogens with one attached hydrogen (secondary N) is 1. The molecule has 0 spiro atoms. The summed E-state index contributed by atoms with van der Waals surface area (Å²) in [4.78, 5) is 17.6. The second kappa shape index (κ2) is 9.35. The van der Waals surface area contributed by atoms with E-state index >= 15 is 0 Å². The number of piperidine rings is 1. The van der Waals surface area contributed by atoms with E-state index in [0.717, 1.165) is 17.4 Å². The van der Waals surface area contributed by atoms with Crippen LogP contribution in [-0.2, 0) is 6.18 Å². The Morgan fingerprint density at radius 3 is 2.50 bits per heavy atom. The third kappa shape index (κ3) is 4.93. The van der Waals surface area contributed by atoms with Crippen LogP contribution in [-0.4, -0.2) is 41.7 Å². The highest BCUT2D eigenvalue weighted by Gasteiger charge is 2.37. The van der Waals surface area contributed by atoms with Gasteiger partial charge in [0, 0.05) is 31.1 Å². The summed E-state index contributed by atoms with van der Waals surface area (Å²) in [5, 5.41) is 13.2. The van der Waals surface area contributed by atoms with Gasteiger partial charge in [-0.05, 0) is 36.6 Å². The number of primary amides is 1. The van der Waals surface area contributed by atoms with Crippen molar-refractivity contribution in [1.82, 2.24) is 10.3 Å². The molecule has 4 rings (SSSR count). The topological polar surface area (TPSA) is 118 Å². The predicted octanol–water partition coefficient (Wildman–Crippen LogP) is 3.43. The molecule has 1 fully saturated rings. The van der Waals surface area contributed by atoms with Crippen molar-refractivity contribution in [2.24, 2.45) is 5.73 Å². The van der Waals surface area contributed by atoms with Gasteiger partial charge in [-0.3, -0.25) is 4.79 Å². The van der Waals surface area contributed by atoms with E-state index in [2.05, 4.69) is 10.3 Å². The van der Waals surface area contributed by atoms with Gasteiger partial charge in [-0.25, -0.2) is 9.37 Å². The number of nitrogens with two attached hydrogens (primary N) is 2. The molecule has 1 saturated heterocycles. The molecule has 1 unspecified atom stereocenters. The molecule has 34 heavy (non-hydrogen) atoms. The van der Waals surface area contributed by atoms with E-state index in [1.807, 2.05) is 0 Å². The van der Waals surface area contributed by atoms with Crippen LogP contribution in [0.2, 0.25) is 0 Å². The summed E-state index contributed by atoms with van der Waals surface area (Å²) >= 11 is 0.750. The average molecular weight is 498 g/mol. The lowest BCUT2D eigenvalue weighted by atomic mass is 10.0. The number of nitrogens with zero attached hydrogens (tertiary/aromatic N) is 2. The summed E-state index contributed by atoms with van der Waals surface area (Å²) in [6.45, 7) is 1.16. The Hall–Kier alpha value is -2.96. The summed E-state index contributed by atoms with van der Waals surface area (Å²) in [5.74, 6) is -1.13. The van der Waals surface area contributed by atoms with Crippen LogP contribution in [0.15, 0.2) is 30.3 Å². The van der Waals surface area contributed by atoms with Crippen LogP contribution in [0.1, 0.15) is 39.7 Å². The predicted molar refractivity (Wildman–Crippen MR) is 122 cm³/mol. The molecule has 0 saturated carbocycles. The molecular weight excluding hydrogens is 474 g/mol. The van der Waals surface area contributed by atoms with Crippen molar-refractivity contribution in [1.29, 1.82) is 0 Å². The van der Waals surface area contributed by atoms with Gasteiger partial charge < -0.3 is 26.8 Å². The SMILES string of the molecule is NC(=O)c1sc2nc(N3CCC(NCC(O)c4ccc(F)cc4)CC3)cc(C(F)(F)F)c2c1N. The fraction of sp³-hybridized carbons (Fsp3) is 0.364. The van der Waals surface area contributed by atoms with Crippen LogP contribution in [0, 0.1) is 5.82 Å². The van der Waals surface area contributed by atoms with Crippen LogP contribution < -0.4 is 21.7 Å². The van der Waals surface area contributed by atoms with E-state index in [-0.39, 0.29) is 45.0 Å². The molecule has 3 heterocycles. The van der Waals surface area contributed by atoms with Crippen LogP contribution >= 0.6 is 11.3 Å². The molecule has 0 bridgehead atoms. The summed E-state index contributed by atoms with van der Waals surface area (Å²) in [5.41, 5.74) is 10.4. The molecule has 0 aliphatic carbocycles. The van der Waals surface area contributed by atoms with Gasteiger partial charge in [-0.15, -0.1) is 11.3 Å². The van der Waals surface area contributed by atoms with Gasteiger partial charge in [0.15, 0.2) is 0 Å². The molecule has 1 amide bonds. The Labute approximate surface area is 196 Å². The number of rotatable bonds is 6. The Morgan fingerprint density at radius 1 is 1.26 bits per heavy atom. The molecule has 3 aromatic rings. The number of thiophene rings is 1. The van der Waals surface area contributed by atoms with E-state index in [0.29, 0.717) is 31.5 Å². The lowest BCUT2D eigenvalue weighted by molar-refractivity contribution is -0.136. The molecule has 1 aliphatic rings. The highest BCUT2D eigenvalue weighted by Crippen LogP contribution is 2.43. The number of nitrogen functional groups attached to an aromatic ring is 1. The fourth-order valence-electron chi connectivity index (χ4n) is 4.07. The number of carbonyl (C=O) groups excluding carboxylic acids is 1. The van der Waals surface area contributed by atoms with E-state index in [4.69, 9.17) is 11.5 Å². The van der Waals surface area contributed by atoms with E-state index < -0.39 is 23.8 Å². The number of halogens is 4. The number of amides is 1. The lowest BCUT2D eigenvalue weighted by Gasteiger charge is -2.34. The van der Waals surface area contributed by atoms with Crippen molar-refractivity contribution in [3.63, 3.8) is 0 Å². The van der Waals surface area contributed by atoms with Crippen molar-refractivity contribution < 1.29 is 27.5 Å². The highest BCUT2D eigenvalue weighted by atomic mass is 32.1. The van der Waals surface area contributed by atoms with Gasteiger partial charge in [0.05, 0.1) is 17.4 Å². The largest absolute Gasteiger partial charge is 0.417 e. The molecule has 12 heteroatoms. The Morgan fingerprint density at radius 2 is 1.91 bits per heavy atom. The Bertz CT molecular complexity index is 1190. The number of hydrogen-bond donors (Lipinski definition) is 4. The number of anilines is 2. The molecule has 2 aromatic heterocycles. The normalized spacial score (nSPS) is 16.2. The van der Waals surface area contributed by atoms with Gasteiger partial charge in [0.2, 0.25) is 0 Å². The van der Waals surface area contributed by atoms with Crippen molar-refractivity contribution in [3.05, 3.63) is 52.2 Å². The maximum absolute atomic E-state index is 13.8. The zero-order valence-corrected chi connectivity index (χ0v) is 18.7. The van der Waals surface area contributed by atoms with Gasteiger partial charge in [-0.2, -0.15) is 13.2 Å². The van der Waals surface area contributed by atoms with Gasteiger partial charge >= 0.3 is 6.18 Å². The molecule has 7 nitrogen and oxygen atoms in total. The minimum atomic E-state index is -4.68. The van der Waals surface area contributed by atoms with Crippen molar-refractivity contribution >= 4 is 39.0 Å². The number of alkyl halides is 3. The smallest absolute Gasteiger partial charge is 0.397 e. The zero-order chi connectivity index (χ0) is 24.6. The highest BCUT2D eigenvalue weighted by molar-refractivity contribution is 7.21. The van der Waals surface area contributed by atoms with Gasteiger partial charge in [-0.1, -0.05) is 12.1 Å². The summed E-state index contributed by atoms with van der Waals surface area (Å²) in [7, 11) is 0. The third-order valence-electron chi connectivity index (χ3n) is 5.89. The van der Waals surface area contributed by atoms with Crippen molar-refractivity contribution in [2.45, 2.75) is 31.2 Å². The molecule has 1 aliphatic heterocycles. The number of benzene rings is 1. The molecule has 1 aromatic carbocycles. The quantitative estimate of drug-likeness (QED) is 0.388. The second-order valence-electron chi connectivity index (χ2n) is 8.15. The van der Waals surface area contributed by atoms with Crippen molar-refractivity contribution in [2.75, 3.05) is 30.3 Å². The summed E-state index contributed by atoms with van der Waals surface area (Å²) < 4.78 is 54.4. The van der Waals surface area contributed by atoms with Crippen molar-refractivity contribution in [3.8, 4) is 0 Å². The molecular formula is C22H23F4N5O2S. The molecule has 0 radical (unpaired) electrons. The minimum absolute atomic E-state index is 0.0128. The number of fused-ring (bicyclic) bond motifs is 1. The number of pyridine rings is 1. The van der Waals surface area contributed by atoms with E-state index in [1.165, 1.54) is 24.3 Å². The Kier molecular flexibility index (Phi) is 6.65. The molecule has 6 N–H and O–H groups in total. The summed E-state index contributed by atoms with van der Waals surface area (Å²) in [6, 6.07) is 6.61. The van der Waals surface area contributed by atoms with E-state index in [9.17, 15) is 27.5 Å². The van der Waals surface area contributed by atoms with Crippen LogP contribution in [0.5, 0.6) is 0 Å². The standard InChI is InChI=1S/C22H23F4N5O2S/c23-12-3-1-11(2-4-12)15(32)10-29-13-5-7-31(8-6-13)16-9-14(22(24,25)26)17-18(27)19(20(28)33)34-21(17)30-16/h1-4,9,13,15,29,32H,5-8,10,27H2,(H2,28,33). The fourth-order valence-corrected chi connectivity index (χ4v) is 5.04.